The zero-order valence-electron chi connectivity index (χ0n) is 22.0. The van der Waals surface area contributed by atoms with Crippen molar-refractivity contribution >= 4 is 17.6 Å². The number of carbonyl (C=O) groups is 2. The van der Waals surface area contributed by atoms with Gasteiger partial charge < -0.3 is 20.3 Å². The van der Waals surface area contributed by atoms with E-state index in [0.717, 1.165) is 37.9 Å². The van der Waals surface area contributed by atoms with E-state index in [-0.39, 0.29) is 40.8 Å². The summed E-state index contributed by atoms with van der Waals surface area (Å²) in [4.78, 5) is 38.4. The lowest BCUT2D eigenvalue weighted by Gasteiger charge is -2.40. The van der Waals surface area contributed by atoms with Gasteiger partial charge in [0.15, 0.2) is 11.5 Å². The van der Waals surface area contributed by atoms with Crippen molar-refractivity contribution in [2.45, 2.75) is 31.2 Å². The van der Waals surface area contributed by atoms with Gasteiger partial charge in [-0.3, -0.25) is 14.7 Å². The number of ether oxygens (including phenoxy) is 1. The molecule has 12 heteroatoms. The molecule has 3 N–H and O–H groups in total. The Morgan fingerprint density at radius 3 is 2.77 bits per heavy atom. The SMILES string of the molecule is COc1cc(-c2cc(C(=O)N3CCC(C(N)=O)CC34CC4[C@@H]3CCN(c4ccc(C#N)cn4)C3)n[nH]2)c(F)cn1. The average Bonchev–Trinajstić information content (AvgIpc) is 3.32. The van der Waals surface area contributed by atoms with Gasteiger partial charge in [-0.15, -0.1) is 0 Å². The molecule has 3 unspecified atom stereocenters. The van der Waals surface area contributed by atoms with Crippen LogP contribution in [0.15, 0.2) is 36.7 Å². The number of hydrogen-bond donors (Lipinski definition) is 2. The van der Waals surface area contributed by atoms with Crippen molar-refractivity contribution in [2.75, 3.05) is 31.6 Å². The summed E-state index contributed by atoms with van der Waals surface area (Å²) in [6, 6.07) is 8.70. The van der Waals surface area contributed by atoms with Crippen LogP contribution in [0.3, 0.4) is 0 Å². The number of halogens is 1. The average molecular weight is 545 g/mol. The van der Waals surface area contributed by atoms with Gasteiger partial charge in [0.2, 0.25) is 11.8 Å². The van der Waals surface area contributed by atoms with Crippen molar-refractivity contribution in [3.8, 4) is 23.2 Å². The minimum absolute atomic E-state index is 0.183. The molecule has 2 saturated heterocycles. The first-order chi connectivity index (χ1) is 19.3. The van der Waals surface area contributed by atoms with Crippen LogP contribution in [0, 0.1) is 34.9 Å². The number of hydrogen-bond acceptors (Lipinski definition) is 8. The minimum Gasteiger partial charge on any atom is -0.481 e. The lowest BCUT2D eigenvalue weighted by Crippen LogP contribution is -2.52. The molecule has 3 aromatic rings. The zero-order valence-corrected chi connectivity index (χ0v) is 22.0. The number of methoxy groups -OCH3 is 1. The number of nitrogens with one attached hydrogen (secondary N) is 1. The number of anilines is 1. The number of piperidine rings is 1. The van der Waals surface area contributed by atoms with Crippen molar-refractivity contribution in [3.63, 3.8) is 0 Å². The number of aromatic nitrogens is 4. The highest BCUT2D eigenvalue weighted by atomic mass is 19.1. The van der Waals surface area contributed by atoms with Crippen molar-refractivity contribution in [1.29, 1.82) is 5.26 Å². The number of nitrogens with zero attached hydrogens (tertiary/aromatic N) is 6. The summed E-state index contributed by atoms with van der Waals surface area (Å²) >= 11 is 0. The number of likely N-dealkylation sites (tertiary alicyclic amines) is 1. The second-order valence-electron chi connectivity index (χ2n) is 10.8. The summed E-state index contributed by atoms with van der Waals surface area (Å²) < 4.78 is 19.6. The quantitative estimate of drug-likeness (QED) is 0.480. The molecular weight excluding hydrogens is 515 g/mol. The van der Waals surface area contributed by atoms with Crippen molar-refractivity contribution in [3.05, 3.63) is 53.7 Å². The van der Waals surface area contributed by atoms with E-state index in [0.29, 0.717) is 36.6 Å². The Morgan fingerprint density at radius 1 is 1.20 bits per heavy atom. The third-order valence-electron chi connectivity index (χ3n) is 8.71. The molecule has 40 heavy (non-hydrogen) atoms. The minimum atomic E-state index is -0.563. The molecule has 6 rings (SSSR count). The van der Waals surface area contributed by atoms with Crippen LogP contribution in [-0.2, 0) is 4.79 Å². The fraction of sp³-hybridized carbons (Fsp3) is 0.429. The highest BCUT2D eigenvalue weighted by molar-refractivity contribution is 5.94. The van der Waals surface area contributed by atoms with E-state index >= 15 is 0 Å². The standard InChI is InChI=1S/C28H29FN8O3/c1-40-25-8-19(21(29)14-33-25)22-9-23(35-34-22)27(39)37-7-5-17(26(31)38)10-28(37)11-20(28)18-4-6-36(15-18)24-3-2-16(12-30)13-32-24/h2-3,8-9,13-14,17-18,20H,4-7,10-11,15H2,1H3,(H2,31,38)(H,34,35)/t17?,18-,20?,28?/m1/s1. The molecule has 3 aliphatic rings. The first-order valence-corrected chi connectivity index (χ1v) is 13.3. The van der Waals surface area contributed by atoms with Crippen LogP contribution in [0.5, 0.6) is 5.88 Å². The predicted octanol–water partition coefficient (Wildman–Crippen LogP) is 2.51. The maximum absolute atomic E-state index is 14.5. The molecule has 1 saturated carbocycles. The van der Waals surface area contributed by atoms with E-state index in [1.54, 1.807) is 18.3 Å². The van der Waals surface area contributed by atoms with Crippen molar-refractivity contribution < 1.29 is 18.7 Å². The fourth-order valence-corrected chi connectivity index (χ4v) is 6.57. The number of nitrogens with two attached hydrogens (primary N) is 1. The Kier molecular flexibility index (Phi) is 6.37. The summed E-state index contributed by atoms with van der Waals surface area (Å²) in [5.74, 6) is 0.150. The highest BCUT2D eigenvalue weighted by Gasteiger charge is 2.65. The zero-order chi connectivity index (χ0) is 28.0. The van der Waals surface area contributed by atoms with E-state index < -0.39 is 11.4 Å². The highest BCUT2D eigenvalue weighted by Crippen LogP contribution is 2.60. The molecule has 0 bridgehead atoms. The van der Waals surface area contributed by atoms with E-state index in [4.69, 9.17) is 15.7 Å². The molecular formula is C28H29FN8O3. The van der Waals surface area contributed by atoms with Crippen LogP contribution in [0.25, 0.3) is 11.3 Å². The number of primary amides is 1. The summed E-state index contributed by atoms with van der Waals surface area (Å²) in [5, 5.41) is 16.1. The monoisotopic (exact) mass is 544 g/mol. The summed E-state index contributed by atoms with van der Waals surface area (Å²) in [7, 11) is 1.44. The van der Waals surface area contributed by atoms with Crippen LogP contribution in [0.4, 0.5) is 10.2 Å². The molecule has 5 heterocycles. The third kappa shape index (κ3) is 4.41. The van der Waals surface area contributed by atoms with Crippen molar-refractivity contribution in [1.82, 2.24) is 25.1 Å². The van der Waals surface area contributed by atoms with Gasteiger partial charge in [-0.25, -0.2) is 14.4 Å². The first-order valence-electron chi connectivity index (χ1n) is 13.3. The largest absolute Gasteiger partial charge is 0.481 e. The predicted molar refractivity (Wildman–Crippen MR) is 141 cm³/mol. The van der Waals surface area contributed by atoms with Crippen LogP contribution in [0.2, 0.25) is 0 Å². The van der Waals surface area contributed by atoms with E-state index in [1.165, 1.54) is 13.2 Å². The second kappa shape index (κ2) is 9.89. The van der Waals surface area contributed by atoms with E-state index in [2.05, 4.69) is 31.1 Å². The van der Waals surface area contributed by atoms with Crippen LogP contribution in [0.1, 0.15) is 41.7 Å². The van der Waals surface area contributed by atoms with Crippen LogP contribution < -0.4 is 15.4 Å². The lowest BCUT2D eigenvalue weighted by molar-refractivity contribution is -0.124. The molecule has 0 radical (unpaired) electrons. The van der Waals surface area contributed by atoms with Crippen molar-refractivity contribution in [2.24, 2.45) is 23.5 Å². The molecule has 11 nitrogen and oxygen atoms in total. The Bertz CT molecular complexity index is 1500. The fourth-order valence-electron chi connectivity index (χ4n) is 6.57. The van der Waals surface area contributed by atoms with E-state index in [9.17, 15) is 14.0 Å². The Hall–Kier alpha value is -4.53. The number of nitriles is 1. The van der Waals surface area contributed by atoms with Gasteiger partial charge in [0.25, 0.3) is 5.91 Å². The summed E-state index contributed by atoms with van der Waals surface area (Å²) in [6.45, 7) is 2.01. The van der Waals surface area contributed by atoms with Gasteiger partial charge in [0.1, 0.15) is 11.9 Å². The Morgan fingerprint density at radius 2 is 2.05 bits per heavy atom. The van der Waals surface area contributed by atoms with Crippen LogP contribution in [-0.4, -0.2) is 69.2 Å². The summed E-state index contributed by atoms with van der Waals surface area (Å²) in [5.41, 5.74) is 6.49. The number of carbonyl (C=O) groups excluding carboxylic acids is 2. The molecule has 3 aromatic heterocycles. The maximum atomic E-state index is 14.5. The molecule has 1 aliphatic carbocycles. The van der Waals surface area contributed by atoms with Gasteiger partial charge in [-0.1, -0.05) is 0 Å². The first kappa shape index (κ1) is 25.7. The third-order valence-corrected chi connectivity index (χ3v) is 8.71. The van der Waals surface area contributed by atoms with Gasteiger partial charge >= 0.3 is 0 Å². The maximum Gasteiger partial charge on any atom is 0.274 e. The Balaban J connectivity index is 1.23. The van der Waals surface area contributed by atoms with E-state index in [1.807, 2.05) is 11.0 Å². The molecule has 2 aliphatic heterocycles. The normalized spacial score (nSPS) is 25.6. The smallest absolute Gasteiger partial charge is 0.274 e. The molecule has 3 fully saturated rings. The van der Waals surface area contributed by atoms with Gasteiger partial charge in [0, 0.05) is 48.9 Å². The molecule has 206 valence electrons. The lowest BCUT2D eigenvalue weighted by atomic mass is 9.84. The molecule has 0 aromatic carbocycles. The number of amides is 2. The topological polar surface area (TPSA) is 154 Å². The Labute approximate surface area is 230 Å². The number of aromatic amines is 1. The van der Waals surface area contributed by atoms with Gasteiger partial charge in [0.05, 0.1) is 24.6 Å². The number of pyridine rings is 2. The van der Waals surface area contributed by atoms with Gasteiger partial charge in [-0.2, -0.15) is 10.4 Å². The van der Waals surface area contributed by atoms with Crippen LogP contribution >= 0.6 is 0 Å². The molecule has 1 spiro atoms. The number of H-pyrrole nitrogens is 1. The second-order valence-corrected chi connectivity index (χ2v) is 10.8. The van der Waals surface area contributed by atoms with Gasteiger partial charge in [-0.05, 0) is 55.7 Å². The summed E-state index contributed by atoms with van der Waals surface area (Å²) in [6.07, 6.45) is 5.38. The molecule has 2 amide bonds. The molecule has 4 atom stereocenters. The number of rotatable bonds is 6.